The van der Waals surface area contributed by atoms with Gasteiger partial charge in [0.25, 0.3) is 5.91 Å². The molecule has 0 aromatic heterocycles. The number of hydrogen-bond donors (Lipinski definition) is 2. The zero-order valence-corrected chi connectivity index (χ0v) is 15.5. The number of likely N-dealkylation sites (tertiary alicyclic amines) is 1. The highest BCUT2D eigenvalue weighted by Gasteiger charge is 2.27. The topological polar surface area (TPSA) is 99.1 Å². The van der Waals surface area contributed by atoms with Crippen LogP contribution >= 0.6 is 0 Å². The molecule has 1 fully saturated rings. The van der Waals surface area contributed by atoms with Gasteiger partial charge in [-0.15, -0.1) is 0 Å². The average Bonchev–Trinajstić information content (AvgIpc) is 2.74. The summed E-state index contributed by atoms with van der Waals surface area (Å²) < 4.78 is 13.0. The van der Waals surface area contributed by atoms with E-state index in [1.807, 2.05) is 0 Å². The van der Waals surface area contributed by atoms with Gasteiger partial charge < -0.3 is 10.0 Å². The summed E-state index contributed by atoms with van der Waals surface area (Å²) in [5, 5.41) is 13.0. The van der Waals surface area contributed by atoms with E-state index in [0.29, 0.717) is 37.1 Å². The third kappa shape index (κ3) is 5.04. The number of carbonyl (C=O) groups is 3. The minimum Gasteiger partial charge on any atom is -0.478 e. The van der Waals surface area contributed by atoms with Gasteiger partial charge in [0.05, 0.1) is 11.8 Å². The van der Waals surface area contributed by atoms with Gasteiger partial charge in [0, 0.05) is 30.1 Å². The molecule has 0 atom stereocenters. The van der Waals surface area contributed by atoms with Crippen LogP contribution in [0.15, 0.2) is 53.6 Å². The molecule has 1 aliphatic heterocycles. The van der Waals surface area contributed by atoms with Crippen LogP contribution in [0.1, 0.15) is 39.1 Å². The number of nitrogens with zero attached hydrogens (tertiary/aromatic N) is 2. The third-order valence-corrected chi connectivity index (χ3v) is 4.81. The van der Waals surface area contributed by atoms with Crippen LogP contribution in [0, 0.1) is 11.7 Å². The number of hydrogen-bond acceptors (Lipinski definition) is 4. The lowest BCUT2D eigenvalue weighted by atomic mass is 9.95. The molecule has 0 unspecified atom stereocenters. The Morgan fingerprint density at radius 2 is 1.72 bits per heavy atom. The van der Waals surface area contributed by atoms with Crippen LogP contribution in [0.3, 0.4) is 0 Å². The molecular weight excluding hydrogens is 377 g/mol. The lowest BCUT2D eigenvalue weighted by Crippen LogP contribution is -2.42. The molecule has 0 bridgehead atoms. The standard InChI is InChI=1S/C21H20FN3O4/c22-17-7-5-15(6-8-17)20(27)25-11-9-14(10-12-25)19(26)24-23-13-16-3-1-2-4-18(16)21(28)29/h1-8,13-14H,9-12H2,(H,24,26)(H,28,29)/b23-13+. The van der Waals surface area contributed by atoms with E-state index in [1.54, 1.807) is 23.1 Å². The highest BCUT2D eigenvalue weighted by atomic mass is 19.1. The maximum Gasteiger partial charge on any atom is 0.336 e. The maximum atomic E-state index is 13.0. The van der Waals surface area contributed by atoms with E-state index in [1.165, 1.54) is 36.5 Å². The van der Waals surface area contributed by atoms with Gasteiger partial charge in [-0.25, -0.2) is 14.6 Å². The molecule has 7 nitrogen and oxygen atoms in total. The molecule has 1 heterocycles. The normalized spacial score (nSPS) is 14.7. The minimum absolute atomic E-state index is 0.0955. The Balaban J connectivity index is 1.52. The number of carboxylic acids is 1. The molecule has 2 aromatic rings. The number of hydrazone groups is 1. The Bertz CT molecular complexity index is 935. The van der Waals surface area contributed by atoms with Gasteiger partial charge in [-0.3, -0.25) is 9.59 Å². The summed E-state index contributed by atoms with van der Waals surface area (Å²) in [4.78, 5) is 37.6. The van der Waals surface area contributed by atoms with Crippen molar-refractivity contribution in [2.24, 2.45) is 11.0 Å². The minimum atomic E-state index is -1.07. The number of aromatic carboxylic acids is 1. The SMILES string of the molecule is O=C(O)c1ccccc1/C=N/NC(=O)C1CCN(C(=O)c2ccc(F)cc2)CC1. The first-order chi connectivity index (χ1) is 14.0. The Hall–Kier alpha value is -3.55. The van der Waals surface area contributed by atoms with Crippen molar-refractivity contribution in [2.75, 3.05) is 13.1 Å². The van der Waals surface area contributed by atoms with Crippen LogP contribution in [0.25, 0.3) is 0 Å². The van der Waals surface area contributed by atoms with E-state index >= 15 is 0 Å². The van der Waals surface area contributed by atoms with Crippen molar-refractivity contribution in [1.29, 1.82) is 0 Å². The molecule has 29 heavy (non-hydrogen) atoms. The highest BCUT2D eigenvalue weighted by molar-refractivity contribution is 5.98. The molecular formula is C21H20FN3O4. The molecule has 0 saturated carbocycles. The fraction of sp³-hybridized carbons (Fsp3) is 0.238. The maximum absolute atomic E-state index is 13.0. The van der Waals surface area contributed by atoms with E-state index in [0.717, 1.165) is 0 Å². The van der Waals surface area contributed by atoms with Gasteiger partial charge in [-0.2, -0.15) is 5.10 Å². The number of amides is 2. The predicted octanol–water partition coefficient (Wildman–Crippen LogP) is 2.53. The smallest absolute Gasteiger partial charge is 0.336 e. The Kier molecular flexibility index (Phi) is 6.33. The van der Waals surface area contributed by atoms with Crippen molar-refractivity contribution in [3.8, 4) is 0 Å². The summed E-state index contributed by atoms with van der Waals surface area (Å²) in [6.07, 6.45) is 2.27. The van der Waals surface area contributed by atoms with Gasteiger partial charge >= 0.3 is 5.97 Å². The van der Waals surface area contributed by atoms with Crippen LogP contribution in [0.4, 0.5) is 4.39 Å². The van der Waals surface area contributed by atoms with Crippen molar-refractivity contribution in [3.05, 3.63) is 71.0 Å². The molecule has 1 saturated heterocycles. The first kappa shape index (κ1) is 20.2. The molecule has 8 heteroatoms. The van der Waals surface area contributed by atoms with Gasteiger partial charge in [-0.1, -0.05) is 18.2 Å². The predicted molar refractivity (Wildman–Crippen MR) is 104 cm³/mol. The van der Waals surface area contributed by atoms with Crippen LogP contribution in [-0.2, 0) is 4.79 Å². The van der Waals surface area contributed by atoms with Gasteiger partial charge in [0.15, 0.2) is 0 Å². The zero-order chi connectivity index (χ0) is 20.8. The number of benzene rings is 2. The molecule has 150 valence electrons. The number of carboxylic acid groups (broad SMARTS) is 1. The summed E-state index contributed by atoms with van der Waals surface area (Å²) in [6, 6.07) is 11.7. The fourth-order valence-electron chi connectivity index (χ4n) is 3.18. The van der Waals surface area contributed by atoms with Gasteiger partial charge in [0.1, 0.15) is 5.82 Å². The van der Waals surface area contributed by atoms with Crippen LogP contribution in [0.5, 0.6) is 0 Å². The molecule has 0 spiro atoms. The number of nitrogens with one attached hydrogen (secondary N) is 1. The second-order valence-electron chi connectivity index (χ2n) is 6.70. The van der Waals surface area contributed by atoms with E-state index in [9.17, 15) is 18.8 Å². The van der Waals surface area contributed by atoms with Crippen molar-refractivity contribution in [3.63, 3.8) is 0 Å². The number of rotatable bonds is 5. The van der Waals surface area contributed by atoms with Crippen LogP contribution in [0.2, 0.25) is 0 Å². The number of carbonyl (C=O) groups excluding carboxylic acids is 2. The highest BCUT2D eigenvalue weighted by Crippen LogP contribution is 2.19. The van der Waals surface area contributed by atoms with E-state index < -0.39 is 11.8 Å². The Labute approximate surface area is 166 Å². The molecule has 0 radical (unpaired) electrons. The Morgan fingerprint density at radius 1 is 1.07 bits per heavy atom. The summed E-state index contributed by atoms with van der Waals surface area (Å²) in [7, 11) is 0. The molecule has 0 aliphatic carbocycles. The first-order valence-electron chi connectivity index (χ1n) is 9.16. The lowest BCUT2D eigenvalue weighted by molar-refractivity contribution is -0.126. The summed E-state index contributed by atoms with van der Waals surface area (Å²) in [6.45, 7) is 0.833. The van der Waals surface area contributed by atoms with Gasteiger partial charge in [-0.05, 0) is 43.2 Å². The largest absolute Gasteiger partial charge is 0.478 e. The van der Waals surface area contributed by atoms with E-state index in [-0.39, 0.29) is 23.3 Å². The monoisotopic (exact) mass is 397 g/mol. The second kappa shape index (κ2) is 9.09. The quantitative estimate of drug-likeness (QED) is 0.598. The van der Waals surface area contributed by atoms with Crippen LogP contribution < -0.4 is 5.43 Å². The molecule has 3 rings (SSSR count). The first-order valence-corrected chi connectivity index (χ1v) is 9.16. The van der Waals surface area contributed by atoms with Crippen molar-refractivity contribution < 1.29 is 23.9 Å². The van der Waals surface area contributed by atoms with Crippen LogP contribution in [-0.4, -0.2) is 47.1 Å². The van der Waals surface area contributed by atoms with E-state index in [2.05, 4.69) is 10.5 Å². The van der Waals surface area contributed by atoms with Crippen molar-refractivity contribution in [1.82, 2.24) is 10.3 Å². The summed E-state index contributed by atoms with van der Waals surface area (Å²) in [5.74, 6) is -2.23. The molecule has 2 N–H and O–H groups in total. The van der Waals surface area contributed by atoms with E-state index in [4.69, 9.17) is 5.11 Å². The zero-order valence-electron chi connectivity index (χ0n) is 15.5. The second-order valence-corrected chi connectivity index (χ2v) is 6.70. The third-order valence-electron chi connectivity index (χ3n) is 4.81. The average molecular weight is 397 g/mol. The summed E-state index contributed by atoms with van der Waals surface area (Å²) in [5.41, 5.74) is 3.34. The number of halogens is 1. The molecule has 2 amide bonds. The Morgan fingerprint density at radius 3 is 2.38 bits per heavy atom. The molecule has 1 aliphatic rings. The molecule has 2 aromatic carbocycles. The van der Waals surface area contributed by atoms with Crippen molar-refractivity contribution in [2.45, 2.75) is 12.8 Å². The summed E-state index contributed by atoms with van der Waals surface area (Å²) >= 11 is 0. The fourth-order valence-corrected chi connectivity index (χ4v) is 3.18. The number of piperidine rings is 1. The van der Waals surface area contributed by atoms with Gasteiger partial charge in [0.2, 0.25) is 5.91 Å². The lowest BCUT2D eigenvalue weighted by Gasteiger charge is -2.31. The van der Waals surface area contributed by atoms with Crippen molar-refractivity contribution >= 4 is 24.0 Å².